The number of nitrogen functional groups attached to an aromatic ring is 1. The van der Waals surface area contributed by atoms with Gasteiger partial charge in [0.2, 0.25) is 0 Å². The number of likely N-dealkylation sites (N-methyl/N-ethyl adjacent to an activating group) is 1. The highest BCUT2D eigenvalue weighted by molar-refractivity contribution is 5.85. The molecular weight excluding hydrogens is 1150 g/mol. The monoisotopic (exact) mass is 1250 g/mol. The third kappa shape index (κ3) is 12.9. The summed E-state index contributed by atoms with van der Waals surface area (Å²) in [6, 6.07) is 38.2. The molecule has 9 aliphatic rings. The Labute approximate surface area is 534 Å². The van der Waals surface area contributed by atoms with Gasteiger partial charge in [0, 0.05) is 84.3 Å². The summed E-state index contributed by atoms with van der Waals surface area (Å²) in [5.41, 5.74) is 16.2. The molecule has 490 valence electrons. The van der Waals surface area contributed by atoms with E-state index < -0.39 is 79.4 Å². The molecule has 4 aliphatic carbocycles. The van der Waals surface area contributed by atoms with Gasteiger partial charge in [-0.15, -0.1) is 0 Å². The van der Waals surface area contributed by atoms with Crippen LogP contribution in [0, 0.1) is 34.5 Å². The van der Waals surface area contributed by atoms with Crippen molar-refractivity contribution in [1.29, 1.82) is 0 Å². The number of carbonyl (C=O) groups excluding carboxylic acids is 1. The molecule has 3 saturated heterocycles. The number of benzene rings is 4. The summed E-state index contributed by atoms with van der Waals surface area (Å²) < 4.78 is 42.2. The van der Waals surface area contributed by atoms with Crippen LogP contribution in [0.15, 0.2) is 121 Å². The van der Waals surface area contributed by atoms with E-state index in [-0.39, 0.29) is 54.0 Å². The molecule has 0 spiro atoms. The lowest BCUT2D eigenvalue weighted by molar-refractivity contribution is -0.336. The quantitative estimate of drug-likeness (QED) is 0.0361. The summed E-state index contributed by atoms with van der Waals surface area (Å²) >= 11 is 0. The summed E-state index contributed by atoms with van der Waals surface area (Å²) in [5, 5.41) is 57.5. The lowest BCUT2D eigenvalue weighted by Crippen LogP contribution is -2.62. The van der Waals surface area contributed by atoms with Gasteiger partial charge in [0.15, 0.2) is 18.9 Å². The van der Waals surface area contributed by atoms with Crippen LogP contribution in [0.25, 0.3) is 21.8 Å². The lowest BCUT2D eigenvalue weighted by Gasteiger charge is -2.64. The highest BCUT2D eigenvalue weighted by Gasteiger charge is 2.68. The molecule has 9 N–H and O–H groups in total. The summed E-state index contributed by atoms with van der Waals surface area (Å²) in [5.74, 6) is 1.57. The van der Waals surface area contributed by atoms with E-state index in [0.29, 0.717) is 24.4 Å². The van der Waals surface area contributed by atoms with Crippen LogP contribution < -0.4 is 5.73 Å². The molecule has 0 bridgehead atoms. The second kappa shape index (κ2) is 26.4. The number of nitrogens with zero attached hydrogens (tertiary/aromatic N) is 1. The van der Waals surface area contributed by atoms with E-state index in [1.165, 1.54) is 49.9 Å². The number of aliphatic hydroxyl groups is 5. The minimum atomic E-state index is -0.996. The molecule has 15 rings (SSSR count). The van der Waals surface area contributed by atoms with Gasteiger partial charge >= 0.3 is 5.97 Å². The first kappa shape index (κ1) is 64.2. The number of cyclic esters (lactones) is 1. The predicted octanol–water partition coefficient (Wildman–Crippen LogP) is 10.3. The molecule has 7 heterocycles. The van der Waals surface area contributed by atoms with Crippen molar-refractivity contribution < 1.29 is 63.5 Å². The number of anilines is 1. The third-order valence-electron chi connectivity index (χ3n) is 23.2. The summed E-state index contributed by atoms with van der Waals surface area (Å²) in [4.78, 5) is 21.2. The van der Waals surface area contributed by atoms with Crippen molar-refractivity contribution in [3.63, 3.8) is 0 Å². The minimum absolute atomic E-state index is 0.0243. The number of fused-ring (bicyclic) bond motifs is 8. The standard InChI is InChI=1S/C41H64O13.C17H14N2.C16H18N2/c1-20-36(46)29(42)16-34(49-20)53-38-22(3)51-35(18-31(38)44)54-37-21(2)50-33(17-30(37)43)52-25-8-11-39(4)24(15-25)6-7-28-27(39)9-12-40(5)26(10-13-41(28,40)47)23-14-32(45)48-19-23;1-3-7-16-12(5-1)9-14(18-16)11-15-10-13-6-2-4-8-17(13)19-15;1-18-10-14(12-6-3-2-4-7-12)13-8-5-9-16(17)15(13)11-18/h14,20-22,24-31,33-38,42-44,46-47H,6-13,15-19H2,1-5H3;1-10,18-19H,11H2;2-9,14H,10-11,17H2,1H3/t20-,21-,22-,24-,25+,26-,27+,28-,29+,30+,31+,33+,34+,35+,36-,37-,38-,39+,40-,41+;;/m1../s1. The number of esters is 1. The predicted molar refractivity (Wildman–Crippen MR) is 346 cm³/mol. The molecule has 91 heavy (non-hydrogen) atoms. The topological polar surface area (TPSA) is 244 Å². The molecule has 4 aromatic carbocycles. The zero-order valence-corrected chi connectivity index (χ0v) is 53.7. The maximum atomic E-state index is 12.6. The number of nitrogens with two attached hydrogens (primary N) is 1. The molecule has 0 radical (unpaired) electrons. The van der Waals surface area contributed by atoms with Gasteiger partial charge in [0.25, 0.3) is 0 Å². The molecule has 7 fully saturated rings. The van der Waals surface area contributed by atoms with Gasteiger partial charge in [-0.05, 0) is 178 Å². The molecular formula is C74H96N4O13. The van der Waals surface area contributed by atoms with E-state index in [0.717, 1.165) is 88.6 Å². The van der Waals surface area contributed by atoms with E-state index in [9.17, 15) is 30.3 Å². The molecule has 4 saturated carbocycles. The van der Waals surface area contributed by atoms with Crippen molar-refractivity contribution >= 4 is 33.5 Å². The molecule has 17 heteroatoms. The first-order chi connectivity index (χ1) is 43.7. The molecule has 21 atom stereocenters. The van der Waals surface area contributed by atoms with E-state index in [1.807, 2.05) is 13.0 Å². The molecule has 2 aromatic heterocycles. The normalized spacial score (nSPS) is 38.8. The van der Waals surface area contributed by atoms with E-state index in [2.05, 4.69) is 139 Å². The number of rotatable bonds is 10. The largest absolute Gasteiger partial charge is 0.458 e. The molecule has 17 nitrogen and oxygen atoms in total. The van der Waals surface area contributed by atoms with Gasteiger partial charge in [-0.2, -0.15) is 0 Å². The van der Waals surface area contributed by atoms with Crippen molar-refractivity contribution in [3.8, 4) is 0 Å². The van der Waals surface area contributed by atoms with E-state index >= 15 is 0 Å². The van der Waals surface area contributed by atoms with E-state index in [1.54, 1.807) is 19.9 Å². The number of aromatic nitrogens is 2. The highest BCUT2D eigenvalue weighted by atomic mass is 16.7. The number of nitrogens with one attached hydrogen (secondary N) is 2. The van der Waals surface area contributed by atoms with Crippen LogP contribution in [0.5, 0.6) is 0 Å². The Morgan fingerprint density at radius 2 is 1.25 bits per heavy atom. The Morgan fingerprint density at radius 3 is 1.86 bits per heavy atom. The molecule has 6 aromatic rings. The van der Waals surface area contributed by atoms with Gasteiger partial charge < -0.3 is 79.3 Å². The van der Waals surface area contributed by atoms with Crippen molar-refractivity contribution in [1.82, 2.24) is 14.9 Å². The van der Waals surface area contributed by atoms with Crippen LogP contribution in [0.2, 0.25) is 0 Å². The van der Waals surface area contributed by atoms with Crippen LogP contribution in [-0.4, -0.2) is 152 Å². The van der Waals surface area contributed by atoms with Crippen LogP contribution in [0.3, 0.4) is 0 Å². The van der Waals surface area contributed by atoms with E-state index in [4.69, 9.17) is 38.9 Å². The lowest BCUT2D eigenvalue weighted by atomic mass is 9.43. The first-order valence-electron chi connectivity index (χ1n) is 33.7. The number of carbonyl (C=O) groups is 1. The van der Waals surface area contributed by atoms with Gasteiger partial charge in [-0.3, -0.25) is 0 Å². The maximum absolute atomic E-state index is 12.6. The zero-order valence-electron chi connectivity index (χ0n) is 53.7. The molecule has 0 amide bonds. The maximum Gasteiger partial charge on any atom is 0.331 e. The van der Waals surface area contributed by atoms with Crippen molar-refractivity contribution in [2.45, 2.75) is 216 Å². The Bertz CT molecular complexity index is 3350. The Balaban J connectivity index is 0.000000164. The molecule has 1 unspecified atom stereocenters. The summed E-state index contributed by atoms with van der Waals surface area (Å²) in [6.45, 7) is 12.4. The van der Waals surface area contributed by atoms with Gasteiger partial charge in [-0.1, -0.05) is 92.7 Å². The Kier molecular flexibility index (Phi) is 18.6. The zero-order chi connectivity index (χ0) is 63.5. The average molecular weight is 1250 g/mol. The van der Waals surface area contributed by atoms with Crippen molar-refractivity contribution in [2.75, 3.05) is 25.9 Å². The van der Waals surface area contributed by atoms with Crippen LogP contribution in [0.1, 0.15) is 146 Å². The van der Waals surface area contributed by atoms with Gasteiger partial charge in [0.1, 0.15) is 24.9 Å². The smallest absolute Gasteiger partial charge is 0.331 e. The number of ether oxygens (including phenoxy) is 7. The van der Waals surface area contributed by atoms with Gasteiger partial charge in [-0.25, -0.2) is 4.79 Å². The molecule has 5 aliphatic heterocycles. The number of hydrogen-bond donors (Lipinski definition) is 8. The second-order valence-corrected chi connectivity index (χ2v) is 28.8. The van der Waals surface area contributed by atoms with Crippen LogP contribution >= 0.6 is 0 Å². The van der Waals surface area contributed by atoms with Gasteiger partial charge in [0.05, 0.1) is 48.3 Å². The summed E-state index contributed by atoms with van der Waals surface area (Å²) in [6.07, 6.45) is 2.81. The van der Waals surface area contributed by atoms with Crippen LogP contribution in [0.4, 0.5) is 5.69 Å². The fraction of sp³-hybridized carbons (Fsp3) is 0.581. The number of H-pyrrole nitrogens is 2. The summed E-state index contributed by atoms with van der Waals surface area (Å²) in [7, 11) is 2.16. The fourth-order valence-electron chi connectivity index (χ4n) is 18.3. The van der Waals surface area contributed by atoms with Crippen LogP contribution in [-0.2, 0) is 50.9 Å². The Morgan fingerprint density at radius 1 is 0.648 bits per heavy atom. The minimum Gasteiger partial charge on any atom is -0.458 e. The fourth-order valence-corrected chi connectivity index (χ4v) is 18.3. The second-order valence-electron chi connectivity index (χ2n) is 28.8. The highest BCUT2D eigenvalue weighted by Crippen LogP contribution is 2.70. The van der Waals surface area contributed by atoms with Crippen molar-refractivity contribution in [3.05, 3.63) is 149 Å². The number of aliphatic hydroxyl groups excluding tert-OH is 4. The van der Waals surface area contributed by atoms with Crippen molar-refractivity contribution in [2.24, 2.45) is 34.5 Å². The SMILES string of the molecule is CN1Cc2c(N)cccc2C(c2ccccc2)C1.C[C@H]1O[C@@H](O[C@H]2[C@@H](O)C[C@H](O[C@H]3[C@@H](O)C[C@H](O[C@H]4CC[C@@]5(C)[C@H](CC[C@@H]6[C@@H]5CC[C@]5(C)[C@@H](C7=CC(=O)OC7)CC[C@]65O)C4)O[C@@H]3C)O[C@@H]2C)C[C@H](O)[C@@H]1O.c1ccc2[nH]c(Cc3cc4ccccc4[nH]3)cc2c1. The third-order valence-corrected chi connectivity index (χ3v) is 23.2. The number of para-hydroxylation sites is 2. The Hall–Kier alpha value is -5.51. The first-order valence-corrected chi connectivity index (χ1v) is 33.7. The average Bonchev–Trinajstić information content (AvgIpc) is 1.62. The number of aromatic amines is 2. The number of hydrogen-bond acceptors (Lipinski definition) is 15.